The lowest BCUT2D eigenvalue weighted by Gasteiger charge is -2.12. The molecule has 0 aromatic carbocycles. The van der Waals surface area contributed by atoms with Crippen molar-refractivity contribution in [1.82, 2.24) is 15.2 Å². The van der Waals surface area contributed by atoms with Gasteiger partial charge in [0.2, 0.25) is 0 Å². The van der Waals surface area contributed by atoms with Crippen molar-refractivity contribution >= 4 is 0 Å². The Morgan fingerprint density at radius 2 is 2.44 bits per heavy atom. The van der Waals surface area contributed by atoms with Crippen LogP contribution in [-0.2, 0) is 6.42 Å². The number of nitrogens with one attached hydrogen (secondary N) is 1. The highest BCUT2D eigenvalue weighted by Gasteiger charge is 2.09. The molecule has 2 atom stereocenters. The molecule has 0 saturated heterocycles. The molecule has 0 aliphatic carbocycles. The predicted molar refractivity (Wildman–Crippen MR) is 66.9 cm³/mol. The molecule has 2 unspecified atom stereocenters. The standard InChI is InChI=1S/C12H22N4/c1-4-6-11(14-13)9-12-7-8-16(15-12)10(3)5-2/h4,7-8,10-11,14H,1,5-6,9,13H2,2-3H3. The minimum atomic E-state index is 0.220. The SMILES string of the molecule is C=CCC(Cc1ccn(C(C)CC)n1)NN. The van der Waals surface area contributed by atoms with Crippen molar-refractivity contribution < 1.29 is 0 Å². The van der Waals surface area contributed by atoms with E-state index in [9.17, 15) is 0 Å². The van der Waals surface area contributed by atoms with E-state index in [0.29, 0.717) is 6.04 Å². The molecule has 1 heterocycles. The van der Waals surface area contributed by atoms with Gasteiger partial charge in [-0.2, -0.15) is 5.10 Å². The quantitative estimate of drug-likeness (QED) is 0.420. The van der Waals surface area contributed by atoms with Crippen LogP contribution in [0, 0.1) is 0 Å². The molecule has 0 radical (unpaired) electrons. The molecule has 0 spiro atoms. The number of nitrogens with zero attached hydrogens (tertiary/aromatic N) is 2. The molecular weight excluding hydrogens is 200 g/mol. The summed E-state index contributed by atoms with van der Waals surface area (Å²) in [6.45, 7) is 8.04. The van der Waals surface area contributed by atoms with E-state index in [0.717, 1.165) is 25.0 Å². The zero-order valence-corrected chi connectivity index (χ0v) is 10.2. The van der Waals surface area contributed by atoms with E-state index >= 15 is 0 Å². The molecule has 16 heavy (non-hydrogen) atoms. The van der Waals surface area contributed by atoms with E-state index in [-0.39, 0.29) is 6.04 Å². The molecule has 1 rings (SSSR count). The number of nitrogens with two attached hydrogens (primary N) is 1. The molecule has 0 amide bonds. The Hall–Kier alpha value is -1.13. The van der Waals surface area contributed by atoms with Crippen LogP contribution >= 0.6 is 0 Å². The Morgan fingerprint density at radius 3 is 3.00 bits per heavy atom. The zero-order valence-electron chi connectivity index (χ0n) is 10.2. The van der Waals surface area contributed by atoms with Gasteiger partial charge in [0.15, 0.2) is 0 Å². The van der Waals surface area contributed by atoms with Crippen molar-refractivity contribution in [3.05, 3.63) is 30.6 Å². The largest absolute Gasteiger partial charge is 0.271 e. The average Bonchev–Trinajstić information content (AvgIpc) is 2.76. The van der Waals surface area contributed by atoms with Crippen LogP contribution in [0.2, 0.25) is 0 Å². The van der Waals surface area contributed by atoms with Gasteiger partial charge in [-0.1, -0.05) is 13.0 Å². The lowest BCUT2D eigenvalue weighted by Crippen LogP contribution is -2.36. The molecule has 4 heteroatoms. The van der Waals surface area contributed by atoms with Crippen molar-refractivity contribution in [2.24, 2.45) is 5.84 Å². The molecule has 0 fully saturated rings. The van der Waals surface area contributed by atoms with E-state index < -0.39 is 0 Å². The van der Waals surface area contributed by atoms with Crippen molar-refractivity contribution in [3.8, 4) is 0 Å². The van der Waals surface area contributed by atoms with E-state index in [4.69, 9.17) is 5.84 Å². The van der Waals surface area contributed by atoms with Crippen molar-refractivity contribution in [2.75, 3.05) is 0 Å². The summed E-state index contributed by atoms with van der Waals surface area (Å²) in [6, 6.07) is 2.73. The van der Waals surface area contributed by atoms with Gasteiger partial charge in [-0.3, -0.25) is 16.0 Å². The van der Waals surface area contributed by atoms with Crippen LogP contribution in [0.4, 0.5) is 0 Å². The summed E-state index contributed by atoms with van der Waals surface area (Å²) in [6.07, 6.45) is 6.69. The molecule has 0 aliphatic heterocycles. The molecule has 1 aromatic rings. The molecule has 0 aliphatic rings. The number of rotatable bonds is 7. The minimum absolute atomic E-state index is 0.220. The third-order valence-corrected chi connectivity index (χ3v) is 2.85. The van der Waals surface area contributed by atoms with Crippen LogP contribution in [0.1, 0.15) is 38.4 Å². The average molecular weight is 222 g/mol. The van der Waals surface area contributed by atoms with Crippen LogP contribution in [0.5, 0.6) is 0 Å². The third-order valence-electron chi connectivity index (χ3n) is 2.85. The summed E-state index contributed by atoms with van der Waals surface area (Å²) in [5.41, 5.74) is 3.86. The Labute approximate surface area is 97.5 Å². The van der Waals surface area contributed by atoms with Gasteiger partial charge in [-0.15, -0.1) is 6.58 Å². The summed E-state index contributed by atoms with van der Waals surface area (Å²) >= 11 is 0. The maximum Gasteiger partial charge on any atom is 0.0640 e. The number of hydrazine groups is 1. The first-order valence-electron chi connectivity index (χ1n) is 5.82. The molecule has 1 aromatic heterocycles. The molecular formula is C12H22N4. The fraction of sp³-hybridized carbons (Fsp3) is 0.583. The topological polar surface area (TPSA) is 55.9 Å². The predicted octanol–water partition coefficient (Wildman–Crippen LogP) is 1.80. The van der Waals surface area contributed by atoms with Crippen LogP contribution < -0.4 is 11.3 Å². The van der Waals surface area contributed by atoms with E-state index in [1.54, 1.807) is 0 Å². The summed E-state index contributed by atoms with van der Waals surface area (Å²) < 4.78 is 2.01. The second kappa shape index (κ2) is 6.45. The van der Waals surface area contributed by atoms with Crippen LogP contribution in [0.25, 0.3) is 0 Å². The number of hydrogen-bond donors (Lipinski definition) is 2. The number of hydrogen-bond acceptors (Lipinski definition) is 3. The van der Waals surface area contributed by atoms with Gasteiger partial charge in [0.25, 0.3) is 0 Å². The second-order valence-electron chi connectivity index (χ2n) is 4.14. The Balaban J connectivity index is 2.60. The Bertz CT molecular complexity index is 319. The molecule has 3 N–H and O–H groups in total. The first kappa shape index (κ1) is 12.9. The van der Waals surface area contributed by atoms with Gasteiger partial charge >= 0.3 is 0 Å². The van der Waals surface area contributed by atoms with Gasteiger partial charge in [-0.25, -0.2) is 0 Å². The van der Waals surface area contributed by atoms with Gasteiger partial charge in [-0.05, 0) is 25.8 Å². The Kier molecular flexibility index (Phi) is 5.22. The fourth-order valence-electron chi connectivity index (χ4n) is 1.58. The maximum atomic E-state index is 5.47. The van der Waals surface area contributed by atoms with Crippen LogP contribution in [-0.4, -0.2) is 15.8 Å². The molecule has 0 bridgehead atoms. The van der Waals surface area contributed by atoms with Crippen molar-refractivity contribution in [3.63, 3.8) is 0 Å². The second-order valence-corrected chi connectivity index (χ2v) is 4.14. The maximum absolute atomic E-state index is 5.47. The monoisotopic (exact) mass is 222 g/mol. The van der Waals surface area contributed by atoms with E-state index in [1.165, 1.54) is 0 Å². The first-order chi connectivity index (χ1) is 7.71. The van der Waals surface area contributed by atoms with E-state index in [1.807, 2.05) is 17.0 Å². The zero-order chi connectivity index (χ0) is 12.0. The molecule has 90 valence electrons. The first-order valence-corrected chi connectivity index (χ1v) is 5.82. The lowest BCUT2D eigenvalue weighted by atomic mass is 10.1. The Morgan fingerprint density at radius 1 is 1.69 bits per heavy atom. The summed E-state index contributed by atoms with van der Waals surface area (Å²) in [4.78, 5) is 0. The minimum Gasteiger partial charge on any atom is -0.271 e. The number of aromatic nitrogens is 2. The third kappa shape index (κ3) is 3.47. The van der Waals surface area contributed by atoms with Gasteiger partial charge in [0.05, 0.1) is 5.69 Å². The van der Waals surface area contributed by atoms with E-state index in [2.05, 4.69) is 37.0 Å². The highest BCUT2D eigenvalue weighted by Crippen LogP contribution is 2.10. The van der Waals surface area contributed by atoms with Crippen LogP contribution in [0.3, 0.4) is 0 Å². The summed E-state index contributed by atoms with van der Waals surface area (Å²) in [7, 11) is 0. The highest BCUT2D eigenvalue weighted by atomic mass is 15.3. The lowest BCUT2D eigenvalue weighted by molar-refractivity contribution is 0.465. The van der Waals surface area contributed by atoms with Gasteiger partial charge in [0, 0.05) is 24.7 Å². The summed E-state index contributed by atoms with van der Waals surface area (Å²) in [5.74, 6) is 5.47. The highest BCUT2D eigenvalue weighted by molar-refractivity contribution is 5.02. The molecule has 4 nitrogen and oxygen atoms in total. The summed E-state index contributed by atoms with van der Waals surface area (Å²) in [5, 5.41) is 4.54. The van der Waals surface area contributed by atoms with Crippen molar-refractivity contribution in [2.45, 2.75) is 45.2 Å². The van der Waals surface area contributed by atoms with Gasteiger partial charge < -0.3 is 0 Å². The molecule has 0 saturated carbocycles. The smallest absolute Gasteiger partial charge is 0.0640 e. The van der Waals surface area contributed by atoms with Crippen molar-refractivity contribution in [1.29, 1.82) is 0 Å². The van der Waals surface area contributed by atoms with Crippen LogP contribution in [0.15, 0.2) is 24.9 Å². The fourth-order valence-corrected chi connectivity index (χ4v) is 1.58. The van der Waals surface area contributed by atoms with Gasteiger partial charge in [0.1, 0.15) is 0 Å². The normalized spacial score (nSPS) is 14.7.